The van der Waals surface area contributed by atoms with E-state index in [0.717, 1.165) is 4.68 Å². The zero-order chi connectivity index (χ0) is 22.2. The van der Waals surface area contributed by atoms with Crippen LogP contribution in [0.15, 0.2) is 24.3 Å². The average molecular weight is 425 g/mol. The Morgan fingerprint density at radius 3 is 2.21 bits per heavy atom. The van der Waals surface area contributed by atoms with E-state index in [0.29, 0.717) is 23.9 Å². The fraction of sp³-hybridized carbons (Fsp3) is 0.444. The molecule has 0 atom stereocenters. The number of nitrogens with zero attached hydrogens (tertiary/aromatic N) is 2. The molecular weight excluding hydrogens is 407 g/mol. The molecule has 0 aliphatic carbocycles. The summed E-state index contributed by atoms with van der Waals surface area (Å²) >= 11 is 0. The number of benzene rings is 1. The minimum Gasteiger partial charge on any atom is -0.307 e. The predicted molar refractivity (Wildman–Crippen MR) is 91.0 cm³/mol. The lowest BCUT2D eigenvalue weighted by Crippen LogP contribution is -2.20. The number of aryl methyl sites for hydroxylation is 1. The Hall–Kier alpha value is -2.59. The van der Waals surface area contributed by atoms with Crippen LogP contribution in [0.5, 0.6) is 0 Å². The highest BCUT2D eigenvalue weighted by Crippen LogP contribution is 2.31. The quantitative estimate of drug-likeness (QED) is 0.654. The maximum absolute atomic E-state index is 13.9. The summed E-state index contributed by atoms with van der Waals surface area (Å²) in [5.41, 5.74) is -2.35. The fourth-order valence-electron chi connectivity index (χ4n) is 2.35. The zero-order valence-electron chi connectivity index (χ0n) is 15.7. The molecule has 0 unspecified atom stereocenters. The molecule has 0 saturated carbocycles. The molecule has 2 aromatic rings. The Bertz CT molecular complexity index is 892. The molecule has 160 valence electrons. The van der Waals surface area contributed by atoms with Crippen molar-refractivity contribution in [3.63, 3.8) is 0 Å². The molecule has 1 heterocycles. The summed E-state index contributed by atoms with van der Waals surface area (Å²) in [6.45, 7) is 4.59. The van der Waals surface area contributed by atoms with Crippen LogP contribution in [-0.2, 0) is 18.1 Å². The highest BCUT2D eigenvalue weighted by Gasteiger charge is 2.32. The number of anilines is 1. The van der Waals surface area contributed by atoms with Gasteiger partial charge in [0.2, 0.25) is 0 Å². The van der Waals surface area contributed by atoms with E-state index < -0.39 is 53.6 Å². The van der Waals surface area contributed by atoms with Gasteiger partial charge in [0.25, 0.3) is 5.91 Å². The van der Waals surface area contributed by atoms with E-state index in [4.69, 9.17) is 0 Å². The van der Waals surface area contributed by atoms with E-state index in [-0.39, 0.29) is 5.82 Å². The van der Waals surface area contributed by atoms with E-state index >= 15 is 0 Å². The molecule has 0 aliphatic rings. The summed E-state index contributed by atoms with van der Waals surface area (Å²) in [7, 11) is 0. The van der Waals surface area contributed by atoms with Gasteiger partial charge in [-0.25, -0.2) is 9.07 Å². The molecule has 1 N–H and O–H groups in total. The van der Waals surface area contributed by atoms with Crippen molar-refractivity contribution in [2.45, 2.75) is 51.5 Å². The molecular formula is C18H18F7N3O. The molecule has 1 aromatic heterocycles. The van der Waals surface area contributed by atoms with Gasteiger partial charge in [-0.3, -0.25) is 4.79 Å². The van der Waals surface area contributed by atoms with Crippen LogP contribution in [0, 0.1) is 5.82 Å². The Balaban J connectivity index is 2.37. The lowest BCUT2D eigenvalue weighted by atomic mass is 9.92. The minimum atomic E-state index is -4.80. The van der Waals surface area contributed by atoms with E-state index in [2.05, 4.69) is 10.4 Å². The van der Waals surface area contributed by atoms with Gasteiger partial charge in [0.1, 0.15) is 11.6 Å². The van der Waals surface area contributed by atoms with Crippen molar-refractivity contribution in [3.8, 4) is 0 Å². The molecule has 0 bridgehead atoms. The van der Waals surface area contributed by atoms with Gasteiger partial charge in [-0.1, -0.05) is 20.8 Å². The Morgan fingerprint density at radius 2 is 1.69 bits per heavy atom. The van der Waals surface area contributed by atoms with Crippen LogP contribution in [0.25, 0.3) is 0 Å². The van der Waals surface area contributed by atoms with Crippen LogP contribution < -0.4 is 5.32 Å². The number of carbonyl (C=O) groups is 1. The second-order valence-electron chi connectivity index (χ2n) is 7.40. The third-order valence-corrected chi connectivity index (χ3v) is 3.94. The van der Waals surface area contributed by atoms with Crippen LogP contribution in [-0.4, -0.2) is 21.9 Å². The van der Waals surface area contributed by atoms with Crippen molar-refractivity contribution >= 4 is 11.7 Å². The number of rotatable bonds is 4. The van der Waals surface area contributed by atoms with Crippen LogP contribution in [0.3, 0.4) is 0 Å². The highest BCUT2D eigenvalue weighted by atomic mass is 19.4. The summed E-state index contributed by atoms with van der Waals surface area (Å²) in [6, 6.07) is 2.63. The number of aromatic nitrogens is 2. The molecule has 2 rings (SSSR count). The number of hydrogen-bond acceptors (Lipinski definition) is 2. The maximum atomic E-state index is 13.9. The summed E-state index contributed by atoms with van der Waals surface area (Å²) in [4.78, 5) is 12.3. The molecule has 0 fully saturated rings. The molecule has 11 heteroatoms. The average Bonchev–Trinajstić information content (AvgIpc) is 2.94. The summed E-state index contributed by atoms with van der Waals surface area (Å²) in [5.74, 6) is -2.61. The van der Waals surface area contributed by atoms with Crippen LogP contribution in [0.2, 0.25) is 0 Å². The number of carbonyl (C=O) groups excluding carboxylic acids is 1. The van der Waals surface area contributed by atoms with Crippen molar-refractivity contribution in [2.75, 3.05) is 5.32 Å². The van der Waals surface area contributed by atoms with Crippen molar-refractivity contribution in [2.24, 2.45) is 0 Å². The van der Waals surface area contributed by atoms with Crippen molar-refractivity contribution in [1.82, 2.24) is 9.78 Å². The van der Waals surface area contributed by atoms with E-state index in [9.17, 15) is 35.5 Å². The third kappa shape index (κ3) is 5.94. The number of alkyl halides is 6. The lowest BCUT2D eigenvalue weighted by molar-refractivity contribution is -0.138. The van der Waals surface area contributed by atoms with Gasteiger partial charge in [-0.2, -0.15) is 31.4 Å². The molecule has 0 saturated heterocycles. The summed E-state index contributed by atoms with van der Waals surface area (Å²) < 4.78 is 91.0. The largest absolute Gasteiger partial charge is 0.416 e. The molecule has 0 aliphatic heterocycles. The minimum absolute atomic E-state index is 0.180. The van der Waals surface area contributed by atoms with Crippen LogP contribution >= 0.6 is 0 Å². The molecule has 29 heavy (non-hydrogen) atoms. The molecule has 0 spiro atoms. The number of hydrogen-bond donors (Lipinski definition) is 1. The second kappa shape index (κ2) is 7.68. The number of halogens is 7. The SMILES string of the molecule is CC(C)(C)c1cc(NC(=O)c2cc(C(F)(F)F)ccc2F)n(CCC(F)(F)F)n1. The molecule has 4 nitrogen and oxygen atoms in total. The van der Waals surface area contributed by atoms with Gasteiger partial charge < -0.3 is 5.32 Å². The highest BCUT2D eigenvalue weighted by molar-refractivity contribution is 6.04. The predicted octanol–water partition coefficient (Wildman–Crippen LogP) is 5.54. The van der Waals surface area contributed by atoms with Crippen molar-refractivity contribution in [3.05, 3.63) is 46.9 Å². The standard InChI is InChI=1S/C18H18F7N3O/c1-16(2,3)13-9-14(28(27-13)7-6-17(20,21)22)26-15(29)11-8-10(18(23,24)25)4-5-12(11)19/h4-5,8-9H,6-7H2,1-3H3,(H,26,29). The van der Waals surface area contributed by atoms with Crippen LogP contribution in [0.4, 0.5) is 36.6 Å². The normalized spacial score (nSPS) is 12.9. The van der Waals surface area contributed by atoms with Gasteiger partial charge in [0.15, 0.2) is 0 Å². The molecule has 0 radical (unpaired) electrons. The zero-order valence-corrected chi connectivity index (χ0v) is 15.7. The first-order valence-electron chi connectivity index (χ1n) is 8.41. The van der Waals surface area contributed by atoms with Gasteiger partial charge in [0, 0.05) is 11.5 Å². The van der Waals surface area contributed by atoms with Gasteiger partial charge in [0.05, 0.1) is 29.8 Å². The number of amides is 1. The Labute approximate surface area is 161 Å². The molecule has 1 aromatic carbocycles. The van der Waals surface area contributed by atoms with Crippen molar-refractivity contribution in [1.29, 1.82) is 0 Å². The first kappa shape index (κ1) is 22.7. The number of nitrogens with one attached hydrogen (secondary N) is 1. The lowest BCUT2D eigenvalue weighted by Gasteiger charge is -2.14. The van der Waals surface area contributed by atoms with E-state index in [1.807, 2.05) is 0 Å². The second-order valence-corrected chi connectivity index (χ2v) is 7.40. The fourth-order valence-corrected chi connectivity index (χ4v) is 2.35. The van der Waals surface area contributed by atoms with Crippen molar-refractivity contribution < 1.29 is 35.5 Å². The first-order chi connectivity index (χ1) is 13.1. The van der Waals surface area contributed by atoms with Crippen LogP contribution in [0.1, 0.15) is 48.8 Å². The summed E-state index contributed by atoms with van der Waals surface area (Å²) in [6.07, 6.45) is -10.5. The maximum Gasteiger partial charge on any atom is 0.416 e. The van der Waals surface area contributed by atoms with Gasteiger partial charge in [-0.05, 0) is 18.2 Å². The topological polar surface area (TPSA) is 46.9 Å². The third-order valence-electron chi connectivity index (χ3n) is 3.94. The van der Waals surface area contributed by atoms with Gasteiger partial charge in [-0.15, -0.1) is 0 Å². The Morgan fingerprint density at radius 1 is 1.07 bits per heavy atom. The first-order valence-corrected chi connectivity index (χ1v) is 8.41. The molecule has 1 amide bonds. The van der Waals surface area contributed by atoms with E-state index in [1.54, 1.807) is 20.8 Å². The smallest absolute Gasteiger partial charge is 0.307 e. The van der Waals surface area contributed by atoms with Gasteiger partial charge >= 0.3 is 12.4 Å². The monoisotopic (exact) mass is 425 g/mol. The Kier molecular flexibility index (Phi) is 6.01. The summed E-state index contributed by atoms with van der Waals surface area (Å²) in [5, 5.41) is 6.20. The van der Waals surface area contributed by atoms with E-state index in [1.165, 1.54) is 6.07 Å².